The Balaban J connectivity index is 0. The molecule has 0 saturated carbocycles. The van der Waals surface area contributed by atoms with Crippen molar-refractivity contribution in [2.75, 3.05) is 0 Å². The van der Waals surface area contributed by atoms with E-state index < -0.39 is 0 Å². The van der Waals surface area contributed by atoms with E-state index in [0.29, 0.717) is 0 Å². The topological polar surface area (TPSA) is 0 Å². The standard InChI is InChI=1S/Cr.Cu.Mo.Nb. The van der Waals surface area contributed by atoms with Gasteiger partial charge in [-0.25, -0.2) is 0 Å². The van der Waals surface area contributed by atoms with E-state index >= 15 is 0 Å². The molecule has 4 heavy (non-hydrogen) atoms. The number of rotatable bonds is 0. The average molecular weight is 304 g/mol. The van der Waals surface area contributed by atoms with Gasteiger partial charge in [0.15, 0.2) is 0 Å². The summed E-state index contributed by atoms with van der Waals surface area (Å²) in [7, 11) is 0. The normalized spacial score (nSPS) is 0. The summed E-state index contributed by atoms with van der Waals surface area (Å²) in [6, 6.07) is 0. The molecule has 0 spiro atoms. The minimum atomic E-state index is 0. The molecule has 0 nitrogen and oxygen atoms in total. The molecule has 0 rings (SSSR count). The van der Waals surface area contributed by atoms with E-state index in [0.717, 1.165) is 0 Å². The average Bonchev–Trinajstić information content (AvgIpc) is 0. The monoisotopic (exact) mass is 306 g/mol. The van der Waals surface area contributed by atoms with Gasteiger partial charge in [-0.2, -0.15) is 0 Å². The Morgan fingerprint density at radius 2 is 1.00 bits per heavy atom. The largest absolute Gasteiger partial charge is 0 e. The molecule has 0 heterocycles. The molecular weight excluding hydrogens is 304 g/mol. The molecule has 0 N–H and O–H groups in total. The Morgan fingerprint density at radius 1 is 1.00 bits per heavy atom. The van der Waals surface area contributed by atoms with Gasteiger partial charge in [-0.1, -0.05) is 0 Å². The van der Waals surface area contributed by atoms with Crippen LogP contribution in [0.2, 0.25) is 0 Å². The van der Waals surface area contributed by atoms with Crippen LogP contribution in [0.1, 0.15) is 0 Å². The van der Waals surface area contributed by atoms with Crippen LogP contribution in [-0.4, -0.2) is 0 Å². The van der Waals surface area contributed by atoms with Crippen LogP contribution in [0, 0.1) is 0 Å². The fourth-order valence-electron chi connectivity index (χ4n) is 0. The molecule has 0 aliphatic carbocycles. The van der Waals surface area contributed by atoms with Gasteiger partial charge in [0.2, 0.25) is 0 Å². The Kier molecular flexibility index (Phi) is 141. The Morgan fingerprint density at radius 3 is 1.00 bits per heavy atom. The van der Waals surface area contributed by atoms with Crippen LogP contribution in [0.4, 0.5) is 0 Å². The van der Waals surface area contributed by atoms with E-state index in [1.54, 1.807) is 0 Å². The van der Waals surface area contributed by atoms with Gasteiger partial charge in [0, 0.05) is 77.9 Å². The van der Waals surface area contributed by atoms with Crippen molar-refractivity contribution in [2.45, 2.75) is 0 Å². The minimum absolute atomic E-state index is 0. The summed E-state index contributed by atoms with van der Waals surface area (Å²) < 4.78 is 0. The van der Waals surface area contributed by atoms with Gasteiger partial charge >= 0.3 is 0 Å². The SMILES string of the molecule is [Cr].[Cu].[Mo].[Nb]. The smallest absolute Gasteiger partial charge is 0 e. The predicted octanol–water partition coefficient (Wildman–Crippen LogP) is -0.0100. The zero-order valence-electron chi connectivity index (χ0n) is 1.57. The van der Waals surface area contributed by atoms with E-state index in [-0.39, 0.29) is 77.9 Å². The van der Waals surface area contributed by atoms with Gasteiger partial charge in [0.05, 0.1) is 0 Å². The molecule has 4 heteroatoms. The van der Waals surface area contributed by atoms with Crippen molar-refractivity contribution in [1.82, 2.24) is 0 Å². The molecule has 0 aromatic carbocycles. The van der Waals surface area contributed by atoms with Crippen molar-refractivity contribution >= 4 is 0 Å². The third kappa shape index (κ3) is 8.82. The Hall–Kier alpha value is 2.48. The first kappa shape index (κ1) is 31.6. The second kappa shape index (κ2) is 17.9. The van der Waals surface area contributed by atoms with Gasteiger partial charge in [-0.05, 0) is 0 Å². The van der Waals surface area contributed by atoms with Gasteiger partial charge in [-0.15, -0.1) is 0 Å². The summed E-state index contributed by atoms with van der Waals surface area (Å²) in [5, 5.41) is 0. The van der Waals surface area contributed by atoms with Crippen LogP contribution in [0.5, 0.6) is 0 Å². The Labute approximate surface area is 76.9 Å². The van der Waals surface area contributed by atoms with Crippen molar-refractivity contribution in [2.24, 2.45) is 0 Å². The second-order valence-corrected chi connectivity index (χ2v) is 0. The van der Waals surface area contributed by atoms with Gasteiger partial charge in [0.1, 0.15) is 0 Å². The maximum absolute atomic E-state index is 0. The van der Waals surface area contributed by atoms with Crippen LogP contribution in [0.3, 0.4) is 0 Å². The molecule has 0 saturated heterocycles. The van der Waals surface area contributed by atoms with Crippen LogP contribution in [0.15, 0.2) is 0 Å². The predicted molar refractivity (Wildman–Crippen MR) is 0 cm³/mol. The molecule has 2 radical (unpaired) electrons. The molecule has 0 aromatic heterocycles. The molecule has 0 aliphatic rings. The van der Waals surface area contributed by atoms with Gasteiger partial charge in [-0.3, -0.25) is 0 Å². The molecule has 0 atom stereocenters. The van der Waals surface area contributed by atoms with Crippen LogP contribution >= 0.6 is 0 Å². The first-order valence-corrected chi connectivity index (χ1v) is 0. The molecule has 0 amide bonds. The molecule has 0 unspecified atom stereocenters. The third-order valence-corrected chi connectivity index (χ3v) is 0. The van der Waals surface area contributed by atoms with Crippen molar-refractivity contribution < 1.29 is 77.9 Å². The number of hydrogen-bond acceptors (Lipinski definition) is 0. The molecule has 0 aromatic rings. The van der Waals surface area contributed by atoms with E-state index in [1.165, 1.54) is 0 Å². The van der Waals surface area contributed by atoms with Crippen LogP contribution in [-0.2, 0) is 77.9 Å². The van der Waals surface area contributed by atoms with Crippen molar-refractivity contribution in [1.29, 1.82) is 0 Å². The quantitative estimate of drug-likeness (QED) is 0.552. The fraction of sp³-hybridized carbons (Fsp3) is 0. The summed E-state index contributed by atoms with van der Waals surface area (Å²) in [5.41, 5.74) is 0. The maximum atomic E-state index is 0. The van der Waals surface area contributed by atoms with Crippen molar-refractivity contribution in [3.8, 4) is 0 Å². The summed E-state index contributed by atoms with van der Waals surface area (Å²) in [6.45, 7) is 0. The van der Waals surface area contributed by atoms with E-state index in [2.05, 4.69) is 0 Å². The van der Waals surface area contributed by atoms with E-state index in [1.807, 2.05) is 0 Å². The summed E-state index contributed by atoms with van der Waals surface area (Å²) >= 11 is 0. The summed E-state index contributed by atoms with van der Waals surface area (Å²) in [5.74, 6) is 0. The zero-order valence-corrected chi connectivity index (χ0v) is 7.99. The second-order valence-electron chi connectivity index (χ2n) is 0. The first-order valence-electron chi connectivity index (χ1n) is 0. The molecule has 0 aliphatic heterocycles. The van der Waals surface area contributed by atoms with Crippen LogP contribution < -0.4 is 0 Å². The molecule has 0 bridgehead atoms. The maximum Gasteiger partial charge on any atom is 0 e. The third-order valence-electron chi connectivity index (χ3n) is 0. The number of hydrogen-bond donors (Lipinski definition) is 0. The summed E-state index contributed by atoms with van der Waals surface area (Å²) in [6.07, 6.45) is 0. The van der Waals surface area contributed by atoms with Gasteiger partial charge < -0.3 is 0 Å². The van der Waals surface area contributed by atoms with E-state index in [9.17, 15) is 0 Å². The Bertz CT molecular complexity index is 8.00. The molecule has 28 valence electrons. The molecule has 0 fully saturated rings. The van der Waals surface area contributed by atoms with E-state index in [4.69, 9.17) is 0 Å². The summed E-state index contributed by atoms with van der Waals surface area (Å²) in [4.78, 5) is 0. The minimum Gasteiger partial charge on any atom is 0 e. The van der Waals surface area contributed by atoms with Gasteiger partial charge in [0.25, 0.3) is 0 Å². The van der Waals surface area contributed by atoms with Crippen LogP contribution in [0.25, 0.3) is 0 Å². The van der Waals surface area contributed by atoms with Crippen molar-refractivity contribution in [3.63, 3.8) is 0 Å². The first-order chi connectivity index (χ1) is 0. The zero-order chi connectivity index (χ0) is 0. The molecular formula is CrCuMoNb. The fourth-order valence-corrected chi connectivity index (χ4v) is 0. The van der Waals surface area contributed by atoms with Crippen molar-refractivity contribution in [3.05, 3.63) is 0 Å².